The first-order valence-corrected chi connectivity index (χ1v) is 18.9. The summed E-state index contributed by atoms with van der Waals surface area (Å²) < 4.78 is 11.7. The zero-order valence-electron chi connectivity index (χ0n) is 29.9. The van der Waals surface area contributed by atoms with Gasteiger partial charge in [-0.1, -0.05) is 140 Å². The maximum atomic E-state index is 6.73. The normalized spacial score (nSPS) is 14.9. The first-order valence-electron chi connectivity index (χ1n) is 18.9. The molecule has 0 amide bonds. The molecule has 11 rings (SSSR count). The van der Waals surface area contributed by atoms with Crippen molar-refractivity contribution in [3.63, 3.8) is 0 Å². The van der Waals surface area contributed by atoms with Gasteiger partial charge in [0.15, 0.2) is 5.82 Å². The molecule has 0 radical (unpaired) electrons. The second-order valence-electron chi connectivity index (χ2n) is 14.5. The largest absolute Gasteiger partial charge is 0.455 e. The molecule has 5 aromatic carbocycles. The summed E-state index contributed by atoms with van der Waals surface area (Å²) in [6.45, 7) is 2.35. The number of furan rings is 1. The van der Waals surface area contributed by atoms with Crippen LogP contribution in [0.1, 0.15) is 48.2 Å². The zero-order chi connectivity index (χ0) is 35.8. The third-order valence-corrected chi connectivity index (χ3v) is 11.2. The van der Waals surface area contributed by atoms with Gasteiger partial charge < -0.3 is 8.98 Å². The third kappa shape index (κ3) is 4.64. The van der Waals surface area contributed by atoms with Gasteiger partial charge in [-0.05, 0) is 37.5 Å². The number of allylic oxidation sites excluding steroid dienone is 2. The summed E-state index contributed by atoms with van der Waals surface area (Å²) in [7, 11) is 0. The topological polar surface area (TPSA) is 48.8 Å². The first kappa shape index (κ1) is 30.9. The molecule has 4 aromatic heterocycles. The molecule has 5 nitrogen and oxygen atoms in total. The second-order valence-corrected chi connectivity index (χ2v) is 14.5. The van der Waals surface area contributed by atoms with Crippen molar-refractivity contribution in [2.75, 3.05) is 0 Å². The molecule has 54 heavy (non-hydrogen) atoms. The van der Waals surface area contributed by atoms with Crippen molar-refractivity contribution in [1.82, 2.24) is 19.1 Å². The molecule has 1 unspecified atom stereocenters. The fourth-order valence-electron chi connectivity index (χ4n) is 8.83. The van der Waals surface area contributed by atoms with Crippen LogP contribution in [0, 0.1) is 0 Å². The van der Waals surface area contributed by atoms with Crippen molar-refractivity contribution < 1.29 is 4.42 Å². The average molecular weight is 697 g/mol. The molecular formula is C49H36N4O. The summed E-state index contributed by atoms with van der Waals surface area (Å²) in [5.74, 6) is 1.81. The van der Waals surface area contributed by atoms with Crippen LogP contribution in [0.2, 0.25) is 0 Å². The van der Waals surface area contributed by atoms with Gasteiger partial charge in [-0.25, -0.2) is 9.97 Å². The number of nitrogens with zero attached hydrogens (tertiary/aromatic N) is 4. The molecule has 0 saturated heterocycles. The zero-order valence-corrected chi connectivity index (χ0v) is 29.9. The van der Waals surface area contributed by atoms with Crippen LogP contribution in [-0.4, -0.2) is 19.1 Å². The minimum absolute atomic E-state index is 0.246. The second kappa shape index (κ2) is 12.2. The van der Waals surface area contributed by atoms with Gasteiger partial charge >= 0.3 is 0 Å². The number of para-hydroxylation sites is 1. The number of benzene rings is 5. The van der Waals surface area contributed by atoms with Gasteiger partial charge in [-0.3, -0.25) is 4.57 Å². The first-order chi connectivity index (χ1) is 26.7. The molecule has 1 atom stereocenters. The van der Waals surface area contributed by atoms with Crippen LogP contribution in [0.15, 0.2) is 150 Å². The van der Waals surface area contributed by atoms with Gasteiger partial charge in [-0.15, -0.1) is 0 Å². The highest BCUT2D eigenvalue weighted by Gasteiger charge is 2.33. The summed E-state index contributed by atoms with van der Waals surface area (Å²) >= 11 is 0. The Hall–Kier alpha value is -6.72. The molecule has 0 N–H and O–H groups in total. The minimum atomic E-state index is 0.246. The van der Waals surface area contributed by atoms with Gasteiger partial charge in [0.05, 0.1) is 28.0 Å². The standard InChI is InChI=1S/C49H36N4O/c1-31-16-15-25-38-45(31)53(43-30-39(32-17-5-2-6-18-32)50-49(51-43)34-21-9-4-10-22-34)46(33-19-7-3-8-20-33)47(38)52-40-26-13-11-24-37(40)44-41(52)29-28-36-35-23-12-14-27-42(35)54-48(36)44/h2-12,14-15,17-25,27-31H,13,16,26H2,1H3. The van der Waals surface area contributed by atoms with Crippen molar-refractivity contribution in [3.05, 3.63) is 168 Å². The average Bonchev–Trinajstić information content (AvgIpc) is 3.90. The molecule has 0 spiro atoms. The Balaban J connectivity index is 1.29. The molecule has 5 heteroatoms. The molecular weight excluding hydrogens is 661 g/mol. The number of hydrogen-bond acceptors (Lipinski definition) is 3. The van der Waals surface area contributed by atoms with Gasteiger partial charge in [0.25, 0.3) is 0 Å². The lowest BCUT2D eigenvalue weighted by Crippen LogP contribution is -2.11. The Morgan fingerprint density at radius 1 is 0.648 bits per heavy atom. The molecule has 4 heterocycles. The monoisotopic (exact) mass is 696 g/mol. The lowest BCUT2D eigenvalue weighted by Gasteiger charge is -2.20. The van der Waals surface area contributed by atoms with Gasteiger partial charge in [0.2, 0.25) is 0 Å². The Morgan fingerprint density at radius 3 is 2.15 bits per heavy atom. The third-order valence-electron chi connectivity index (χ3n) is 11.2. The minimum Gasteiger partial charge on any atom is -0.455 e. The number of fused-ring (bicyclic) bond motifs is 8. The smallest absolute Gasteiger partial charge is 0.162 e. The van der Waals surface area contributed by atoms with E-state index in [0.717, 1.165) is 80.6 Å². The lowest BCUT2D eigenvalue weighted by molar-refractivity contribution is 0.672. The van der Waals surface area contributed by atoms with Crippen molar-refractivity contribution in [2.45, 2.75) is 32.1 Å². The van der Waals surface area contributed by atoms with Crippen LogP contribution in [0.4, 0.5) is 0 Å². The Labute approximate surface area is 313 Å². The number of hydrogen-bond donors (Lipinski definition) is 0. The van der Waals surface area contributed by atoms with Crippen molar-refractivity contribution in [1.29, 1.82) is 0 Å². The molecule has 2 aliphatic carbocycles. The summed E-state index contributed by atoms with van der Waals surface area (Å²) in [5.41, 5.74) is 14.4. The number of aromatic nitrogens is 4. The fraction of sp³-hybridized carbons (Fsp3) is 0.102. The fourth-order valence-corrected chi connectivity index (χ4v) is 8.83. The van der Waals surface area contributed by atoms with E-state index in [0.29, 0.717) is 5.82 Å². The lowest BCUT2D eigenvalue weighted by atomic mass is 9.93. The van der Waals surface area contributed by atoms with Gasteiger partial charge in [0, 0.05) is 62.0 Å². The van der Waals surface area contributed by atoms with E-state index in [1.165, 1.54) is 33.6 Å². The quantitative estimate of drug-likeness (QED) is 0.180. The van der Waals surface area contributed by atoms with Crippen LogP contribution in [0.3, 0.4) is 0 Å². The van der Waals surface area contributed by atoms with E-state index >= 15 is 0 Å². The molecule has 2 aliphatic rings. The highest BCUT2D eigenvalue weighted by atomic mass is 16.3. The van der Waals surface area contributed by atoms with E-state index in [-0.39, 0.29) is 5.92 Å². The highest BCUT2D eigenvalue weighted by molar-refractivity contribution is 6.17. The summed E-state index contributed by atoms with van der Waals surface area (Å²) in [6.07, 6.45) is 12.2. The maximum Gasteiger partial charge on any atom is 0.162 e. The van der Waals surface area contributed by atoms with Crippen LogP contribution < -0.4 is 0 Å². The highest BCUT2D eigenvalue weighted by Crippen LogP contribution is 2.48. The molecule has 0 saturated carbocycles. The Kier molecular flexibility index (Phi) is 6.96. The van der Waals surface area contributed by atoms with E-state index in [1.54, 1.807) is 0 Å². The van der Waals surface area contributed by atoms with Crippen molar-refractivity contribution >= 4 is 45.0 Å². The van der Waals surface area contributed by atoms with Crippen LogP contribution in [0.5, 0.6) is 0 Å². The molecule has 258 valence electrons. The van der Waals surface area contributed by atoms with Gasteiger partial charge in [-0.2, -0.15) is 0 Å². The summed E-state index contributed by atoms with van der Waals surface area (Å²) in [6, 6.07) is 46.8. The van der Waals surface area contributed by atoms with Crippen LogP contribution in [0.25, 0.3) is 90.4 Å². The van der Waals surface area contributed by atoms with E-state index in [9.17, 15) is 0 Å². The molecule has 0 bridgehead atoms. The van der Waals surface area contributed by atoms with Crippen molar-refractivity contribution in [3.8, 4) is 45.4 Å². The molecule has 9 aromatic rings. The van der Waals surface area contributed by atoms with E-state index in [1.807, 2.05) is 6.07 Å². The maximum absolute atomic E-state index is 6.73. The van der Waals surface area contributed by atoms with Gasteiger partial charge in [0.1, 0.15) is 17.0 Å². The van der Waals surface area contributed by atoms with Crippen molar-refractivity contribution in [2.24, 2.45) is 0 Å². The predicted molar refractivity (Wildman–Crippen MR) is 221 cm³/mol. The Morgan fingerprint density at radius 2 is 1.35 bits per heavy atom. The molecule has 0 aliphatic heterocycles. The number of rotatable bonds is 5. The van der Waals surface area contributed by atoms with E-state index in [2.05, 4.69) is 168 Å². The molecule has 0 fully saturated rings. The van der Waals surface area contributed by atoms with Crippen LogP contribution >= 0.6 is 0 Å². The van der Waals surface area contributed by atoms with Crippen LogP contribution in [-0.2, 0) is 6.42 Å². The van der Waals surface area contributed by atoms with E-state index < -0.39 is 0 Å². The van der Waals surface area contributed by atoms with E-state index in [4.69, 9.17) is 14.4 Å². The summed E-state index contributed by atoms with van der Waals surface area (Å²) in [5, 5.41) is 3.47. The summed E-state index contributed by atoms with van der Waals surface area (Å²) in [4.78, 5) is 10.6. The Bertz CT molecular complexity index is 2900. The SMILES string of the molecule is CC1CC=Cc2c(-n3c4c(c5c6oc7ccccc7c6ccc53)C=CCC4)c(-c3ccccc3)n(-c3cc(-c4ccccc4)nc(-c4ccccc4)n3)c21. The predicted octanol–water partition coefficient (Wildman–Crippen LogP) is 12.6.